The smallest absolute Gasteiger partial charge is 0.179 e. The molecule has 2 heterocycles. The van der Waals surface area contributed by atoms with Crippen LogP contribution >= 0.6 is 39.1 Å². The summed E-state index contributed by atoms with van der Waals surface area (Å²) in [6.45, 7) is 0. The van der Waals surface area contributed by atoms with E-state index < -0.39 is 0 Å². The number of likely N-dealkylation sites (N-methyl/N-ethyl adjacent to an activating group) is 1. The summed E-state index contributed by atoms with van der Waals surface area (Å²) in [5.74, 6) is 0.921. The fourth-order valence-corrected chi connectivity index (χ4v) is 3.02. The third-order valence-electron chi connectivity index (χ3n) is 3.62. The summed E-state index contributed by atoms with van der Waals surface area (Å²) in [4.78, 5) is 11.2. The molecule has 0 spiro atoms. The molecule has 0 saturated carbocycles. The lowest BCUT2D eigenvalue weighted by atomic mass is 10.1. The first-order valence-corrected chi connectivity index (χ1v) is 7.94. The minimum Gasteiger partial charge on any atom is -0.335 e. The summed E-state index contributed by atoms with van der Waals surface area (Å²) in [6.07, 6.45) is 2.61. The number of benzene rings is 1. The highest BCUT2D eigenvalue weighted by Crippen LogP contribution is 2.29. The van der Waals surface area contributed by atoms with Gasteiger partial charge in [-0.05, 0) is 33.6 Å². The Bertz CT molecular complexity index is 726. The molecule has 0 fully saturated rings. The van der Waals surface area contributed by atoms with Crippen molar-refractivity contribution < 1.29 is 0 Å². The molecule has 7 heteroatoms. The quantitative estimate of drug-likeness (QED) is 0.782. The van der Waals surface area contributed by atoms with Gasteiger partial charge in [0.15, 0.2) is 10.6 Å². The molecular formula is C14H13BrCl2N4. The number of hydrogen-bond donors (Lipinski definition) is 0. The largest absolute Gasteiger partial charge is 0.335 e. The number of anilines is 1. The van der Waals surface area contributed by atoms with E-state index in [1.165, 1.54) is 0 Å². The molecule has 1 unspecified atom stereocenters. The molecule has 1 aliphatic rings. The highest BCUT2D eigenvalue weighted by atomic mass is 79.9. The lowest BCUT2D eigenvalue weighted by Crippen LogP contribution is -2.35. The van der Waals surface area contributed by atoms with Gasteiger partial charge in [-0.25, -0.2) is 4.98 Å². The van der Waals surface area contributed by atoms with Gasteiger partial charge in [0.25, 0.3) is 0 Å². The first-order valence-electron chi connectivity index (χ1n) is 6.39. The zero-order valence-electron chi connectivity index (χ0n) is 11.5. The number of hydrogen-bond acceptors (Lipinski definition) is 3. The van der Waals surface area contributed by atoms with E-state index in [1.54, 1.807) is 0 Å². The van der Waals surface area contributed by atoms with Crippen molar-refractivity contribution in [3.8, 4) is 0 Å². The molecule has 110 valence electrons. The van der Waals surface area contributed by atoms with Gasteiger partial charge in [0.1, 0.15) is 11.9 Å². The van der Waals surface area contributed by atoms with Crippen LogP contribution in [0.5, 0.6) is 0 Å². The number of aliphatic imine (C=N–C) groups is 1. The van der Waals surface area contributed by atoms with Gasteiger partial charge >= 0.3 is 0 Å². The van der Waals surface area contributed by atoms with Gasteiger partial charge < -0.3 is 9.47 Å². The van der Waals surface area contributed by atoms with Crippen molar-refractivity contribution in [3.05, 3.63) is 44.2 Å². The molecule has 1 aliphatic heterocycles. The lowest BCUT2D eigenvalue weighted by Gasteiger charge is -2.28. The molecule has 1 aromatic heterocycles. The van der Waals surface area contributed by atoms with E-state index in [1.807, 2.05) is 43.1 Å². The fraction of sp³-hybridized carbons (Fsp3) is 0.286. The number of fused-ring (bicyclic) bond motifs is 1. The summed E-state index contributed by atoms with van der Waals surface area (Å²) in [5, 5.41) is 1.13. The Morgan fingerprint density at radius 3 is 2.71 bits per heavy atom. The van der Waals surface area contributed by atoms with Crippen molar-refractivity contribution in [2.24, 2.45) is 12.0 Å². The van der Waals surface area contributed by atoms with Crippen LogP contribution in [-0.2, 0) is 13.5 Å². The Labute approximate surface area is 141 Å². The topological polar surface area (TPSA) is 33.4 Å². The number of halogens is 3. The standard InChI is InChI=1S/C14H13BrCl2N4/c1-20-11-7-18-12(21(2)13(11)19-14(20)15)6-8-3-4-9(16)10(17)5-8/h3-5,7,12H,6H2,1-2H3. The van der Waals surface area contributed by atoms with Gasteiger partial charge in [-0.1, -0.05) is 29.3 Å². The van der Waals surface area contributed by atoms with Gasteiger partial charge in [-0.3, -0.25) is 4.99 Å². The van der Waals surface area contributed by atoms with Crippen LogP contribution in [0, 0.1) is 0 Å². The molecule has 0 N–H and O–H groups in total. The number of nitrogens with zero attached hydrogens (tertiary/aromatic N) is 4. The maximum absolute atomic E-state index is 6.07. The van der Waals surface area contributed by atoms with Gasteiger partial charge in [0, 0.05) is 20.5 Å². The van der Waals surface area contributed by atoms with Crippen LogP contribution in [-0.4, -0.2) is 29.0 Å². The molecule has 2 aromatic rings. The van der Waals surface area contributed by atoms with Crippen LogP contribution in [0.2, 0.25) is 10.0 Å². The predicted molar refractivity (Wildman–Crippen MR) is 90.9 cm³/mol. The second-order valence-corrected chi connectivity index (χ2v) is 6.49. The van der Waals surface area contributed by atoms with E-state index in [0.717, 1.165) is 28.2 Å². The van der Waals surface area contributed by atoms with Crippen molar-refractivity contribution in [2.75, 3.05) is 11.9 Å². The van der Waals surface area contributed by atoms with Crippen LogP contribution < -0.4 is 4.90 Å². The summed E-state index contributed by atoms with van der Waals surface area (Å²) in [5.41, 5.74) is 2.09. The molecule has 0 aliphatic carbocycles. The SMILES string of the molecule is CN1c2nc(Br)n(C)c2C=NC1Cc1ccc(Cl)c(Cl)c1. The normalized spacial score (nSPS) is 17.2. The third kappa shape index (κ3) is 2.70. The van der Waals surface area contributed by atoms with Gasteiger partial charge in [-0.15, -0.1) is 0 Å². The van der Waals surface area contributed by atoms with Crippen LogP contribution in [0.25, 0.3) is 0 Å². The molecule has 0 amide bonds. The molecule has 21 heavy (non-hydrogen) atoms. The van der Waals surface area contributed by atoms with E-state index in [-0.39, 0.29) is 6.17 Å². The maximum atomic E-state index is 6.07. The Morgan fingerprint density at radius 1 is 1.24 bits per heavy atom. The van der Waals surface area contributed by atoms with E-state index in [0.29, 0.717) is 10.0 Å². The Kier molecular flexibility index (Phi) is 3.99. The van der Waals surface area contributed by atoms with E-state index >= 15 is 0 Å². The zero-order chi connectivity index (χ0) is 15.1. The van der Waals surface area contributed by atoms with E-state index in [4.69, 9.17) is 23.2 Å². The molecular weight excluding hydrogens is 375 g/mol. The van der Waals surface area contributed by atoms with E-state index in [2.05, 4.69) is 30.8 Å². The Morgan fingerprint density at radius 2 is 2.00 bits per heavy atom. The molecule has 3 rings (SSSR count). The molecule has 1 aromatic carbocycles. The average Bonchev–Trinajstić information content (AvgIpc) is 2.74. The minimum absolute atomic E-state index is 0.00320. The van der Waals surface area contributed by atoms with Crippen molar-refractivity contribution in [1.29, 1.82) is 0 Å². The predicted octanol–water partition coefficient (Wildman–Crippen LogP) is 3.93. The van der Waals surface area contributed by atoms with Crippen LogP contribution in [0.4, 0.5) is 5.82 Å². The summed E-state index contributed by atoms with van der Waals surface area (Å²) in [6, 6.07) is 5.67. The fourth-order valence-electron chi connectivity index (χ4n) is 2.34. The summed E-state index contributed by atoms with van der Waals surface area (Å²) in [7, 11) is 3.95. The van der Waals surface area contributed by atoms with Crippen molar-refractivity contribution in [3.63, 3.8) is 0 Å². The zero-order valence-corrected chi connectivity index (χ0v) is 14.6. The number of rotatable bonds is 2. The highest BCUT2D eigenvalue weighted by Gasteiger charge is 2.25. The molecule has 4 nitrogen and oxygen atoms in total. The Hall–Kier alpha value is -1.04. The maximum Gasteiger partial charge on any atom is 0.179 e. The van der Waals surface area contributed by atoms with Crippen LogP contribution in [0.15, 0.2) is 27.9 Å². The average molecular weight is 388 g/mol. The first kappa shape index (κ1) is 14.9. The molecule has 0 saturated heterocycles. The first-order chi connectivity index (χ1) is 9.97. The van der Waals surface area contributed by atoms with Crippen molar-refractivity contribution in [2.45, 2.75) is 12.6 Å². The Balaban J connectivity index is 1.86. The summed E-state index contributed by atoms with van der Waals surface area (Å²) < 4.78 is 2.76. The van der Waals surface area contributed by atoms with Crippen LogP contribution in [0.3, 0.4) is 0 Å². The van der Waals surface area contributed by atoms with Crippen LogP contribution in [0.1, 0.15) is 11.3 Å². The molecule has 1 atom stereocenters. The van der Waals surface area contributed by atoms with Gasteiger partial charge in [0.05, 0.1) is 16.3 Å². The number of imidazole rings is 1. The molecule has 0 bridgehead atoms. The van der Waals surface area contributed by atoms with Gasteiger partial charge in [-0.2, -0.15) is 0 Å². The third-order valence-corrected chi connectivity index (χ3v) is 5.07. The molecule has 0 radical (unpaired) electrons. The van der Waals surface area contributed by atoms with Gasteiger partial charge in [0.2, 0.25) is 0 Å². The van der Waals surface area contributed by atoms with Crippen molar-refractivity contribution >= 4 is 51.2 Å². The monoisotopic (exact) mass is 386 g/mol. The van der Waals surface area contributed by atoms with E-state index in [9.17, 15) is 0 Å². The summed E-state index contributed by atoms with van der Waals surface area (Å²) >= 11 is 15.5. The highest BCUT2D eigenvalue weighted by molar-refractivity contribution is 9.10. The second kappa shape index (κ2) is 5.63. The second-order valence-electron chi connectivity index (χ2n) is 4.97. The lowest BCUT2D eigenvalue weighted by molar-refractivity contribution is 0.644. The minimum atomic E-state index is -0.00320. The number of aromatic nitrogens is 2. The van der Waals surface area contributed by atoms with Crippen molar-refractivity contribution in [1.82, 2.24) is 9.55 Å².